The molecule has 1 fully saturated rings. The van der Waals surface area contributed by atoms with Gasteiger partial charge < -0.3 is 90.9 Å². The Kier molecular flexibility index (Phi) is 35.8. The van der Waals surface area contributed by atoms with E-state index < -0.39 is 193 Å². The molecule has 0 bridgehead atoms. The van der Waals surface area contributed by atoms with Crippen molar-refractivity contribution >= 4 is 99.6 Å². The number of amides is 12. The van der Waals surface area contributed by atoms with Gasteiger partial charge in [-0.3, -0.25) is 72.1 Å². The highest BCUT2D eigenvalue weighted by molar-refractivity contribution is 8.14. The number of nitrogens with zero attached hydrogens (tertiary/aromatic N) is 2. The summed E-state index contributed by atoms with van der Waals surface area (Å²) in [4.78, 5) is 207. The first-order valence-corrected chi connectivity index (χ1v) is 35.6. The highest BCUT2D eigenvalue weighted by Gasteiger charge is 2.40. The van der Waals surface area contributed by atoms with Gasteiger partial charge in [-0.15, -0.1) is 11.8 Å². The summed E-state index contributed by atoms with van der Waals surface area (Å²) in [5.74, 6) is -15.3. The number of nitrogens with one attached hydrogen (secondary N) is 12. The van der Waals surface area contributed by atoms with Crippen LogP contribution in [-0.4, -0.2) is 199 Å². The van der Waals surface area contributed by atoms with Gasteiger partial charge in [0.25, 0.3) is 0 Å². The number of hydrogen-bond donors (Lipinski definition) is 17. The molecule has 33 nitrogen and oxygen atoms in total. The molecule has 0 spiro atoms. The third-order valence-corrected chi connectivity index (χ3v) is 18.9. The van der Waals surface area contributed by atoms with Gasteiger partial charge in [0, 0.05) is 43.5 Å². The normalized spacial score (nSPS) is 23.0. The summed E-state index contributed by atoms with van der Waals surface area (Å²) in [5, 5.41) is 49.2. The average Bonchev–Trinajstić information content (AvgIpc) is 1.76. The lowest BCUT2D eigenvalue weighted by molar-refractivity contribution is -0.142. The van der Waals surface area contributed by atoms with E-state index in [1.54, 1.807) is 58.0 Å². The third-order valence-electron chi connectivity index (χ3n) is 17.7. The van der Waals surface area contributed by atoms with Crippen LogP contribution in [0.25, 0.3) is 0 Å². The predicted molar refractivity (Wildman–Crippen MR) is 374 cm³/mol. The smallest absolute Gasteiger partial charge is 0.305 e. The second kappa shape index (κ2) is 42.9. The lowest BCUT2D eigenvalue weighted by Gasteiger charge is -2.30. The van der Waals surface area contributed by atoms with Crippen LogP contribution in [0.3, 0.4) is 0 Å². The number of hydrogen-bond acceptors (Lipinski definition) is 19. The molecule has 2 aliphatic rings. The van der Waals surface area contributed by atoms with Gasteiger partial charge in [-0.05, 0) is 87.1 Å². The number of carbonyl (C=O) groups excluding carboxylic acids is 12. The second-order valence-electron chi connectivity index (χ2n) is 26.3. The molecule has 101 heavy (non-hydrogen) atoms. The zero-order chi connectivity index (χ0) is 75.0. The Hall–Kier alpha value is -9.05. The summed E-state index contributed by atoms with van der Waals surface area (Å²) < 4.78 is 0. The Labute approximate surface area is 592 Å². The third kappa shape index (κ3) is 28.5. The molecule has 560 valence electrons. The van der Waals surface area contributed by atoms with Crippen molar-refractivity contribution in [1.82, 2.24) is 68.5 Å². The Morgan fingerprint density at radius 3 is 1.85 bits per heavy atom. The van der Waals surface area contributed by atoms with Crippen molar-refractivity contribution in [3.05, 3.63) is 54.1 Å². The van der Waals surface area contributed by atoms with Crippen LogP contribution in [0.15, 0.2) is 47.8 Å². The van der Waals surface area contributed by atoms with Crippen LogP contribution >= 0.6 is 11.8 Å². The summed E-state index contributed by atoms with van der Waals surface area (Å²) in [7, 11) is 0. The van der Waals surface area contributed by atoms with E-state index in [1.165, 1.54) is 24.3 Å². The van der Waals surface area contributed by atoms with E-state index in [1.807, 2.05) is 27.7 Å². The van der Waals surface area contributed by atoms with Gasteiger partial charge in [0.05, 0.1) is 30.3 Å². The first-order chi connectivity index (χ1) is 47.9. The number of nitrogens with two attached hydrogens (primary N) is 3. The zero-order valence-electron chi connectivity index (χ0n) is 58.9. The summed E-state index contributed by atoms with van der Waals surface area (Å²) in [6.07, 6.45) is 0.957. The van der Waals surface area contributed by atoms with Crippen LogP contribution in [0.2, 0.25) is 0 Å². The lowest BCUT2D eigenvalue weighted by atomic mass is 9.96. The monoisotopic (exact) mass is 1440 g/mol. The number of H-pyrrole nitrogens is 1. The van der Waals surface area contributed by atoms with Crippen molar-refractivity contribution in [3.8, 4) is 0 Å². The molecule has 34 heteroatoms. The SMILES string of the molecule is CC[C@H](C)[C@H](N)C1=N[C@H](C(=O)N[C@@H](CC(C)C)C(=O)N[C@@H](CCC(=O)O)C(=O)N[C@H](C(=O)N[C@H]2CCCCNC(=O)[C@H](CC(N)=O)NC(=O)[C@@H](CC(=O)O)NC(=O)[C@H](Cc3cnc[nH]3)NC(=O)[C@@H](Cc3ccccc3)NC(=O)[C@H]([C@@H](C)CC)NC(=O)[C@@H](CCCCN)NC2=O)[C@@H](C)CC)CS1. The summed E-state index contributed by atoms with van der Waals surface area (Å²) in [5.41, 5.74) is 18.7. The number of carboxylic acid groups (broad SMARTS) is 2. The molecule has 12 amide bonds. The summed E-state index contributed by atoms with van der Waals surface area (Å²) in [6.45, 7) is 14.3. The molecule has 4 rings (SSSR count). The maximum absolute atomic E-state index is 15.0. The Morgan fingerprint density at radius 1 is 0.653 bits per heavy atom. The van der Waals surface area contributed by atoms with Gasteiger partial charge in [0.1, 0.15) is 66.5 Å². The number of benzene rings is 1. The van der Waals surface area contributed by atoms with Crippen LogP contribution in [-0.2, 0) is 80.0 Å². The minimum atomic E-state index is -1.94. The number of rotatable bonds is 32. The van der Waals surface area contributed by atoms with E-state index in [0.717, 1.165) is 6.42 Å². The number of thioether (sulfide) groups is 1. The van der Waals surface area contributed by atoms with E-state index in [4.69, 9.17) is 17.2 Å². The van der Waals surface area contributed by atoms with Crippen LogP contribution < -0.4 is 75.7 Å². The zero-order valence-corrected chi connectivity index (χ0v) is 59.7. The first-order valence-electron chi connectivity index (χ1n) is 34.6. The number of aliphatic carboxylic acids is 2. The van der Waals surface area contributed by atoms with Crippen LogP contribution in [0.4, 0.5) is 0 Å². The van der Waals surface area contributed by atoms with Gasteiger partial charge in [-0.1, -0.05) is 105 Å². The van der Waals surface area contributed by atoms with Crippen LogP contribution in [0, 0.1) is 23.7 Å². The maximum Gasteiger partial charge on any atom is 0.305 e. The Balaban J connectivity index is 1.78. The fourth-order valence-corrected chi connectivity index (χ4v) is 12.2. The molecule has 20 N–H and O–H groups in total. The molecule has 2 aliphatic heterocycles. The molecule has 3 heterocycles. The molecular formula is C67H105N17O16S. The van der Waals surface area contributed by atoms with Gasteiger partial charge in [-0.25, -0.2) is 4.98 Å². The Bertz CT molecular complexity index is 3180. The van der Waals surface area contributed by atoms with E-state index in [2.05, 4.69) is 73.4 Å². The van der Waals surface area contributed by atoms with Crippen LogP contribution in [0.5, 0.6) is 0 Å². The molecular weight excluding hydrogens is 1330 g/mol. The highest BCUT2D eigenvalue weighted by Crippen LogP contribution is 2.25. The van der Waals surface area contributed by atoms with Gasteiger partial charge >= 0.3 is 11.9 Å². The number of carbonyl (C=O) groups is 14. The predicted octanol–water partition coefficient (Wildman–Crippen LogP) is -1.29. The van der Waals surface area contributed by atoms with E-state index in [0.29, 0.717) is 22.7 Å². The molecule has 0 saturated carbocycles. The minimum Gasteiger partial charge on any atom is -0.481 e. The van der Waals surface area contributed by atoms with Crippen molar-refractivity contribution in [1.29, 1.82) is 0 Å². The number of imidazole rings is 1. The van der Waals surface area contributed by atoms with E-state index in [-0.39, 0.29) is 94.9 Å². The average molecular weight is 1440 g/mol. The van der Waals surface area contributed by atoms with Gasteiger partial charge in [-0.2, -0.15) is 0 Å². The molecule has 1 aromatic carbocycles. The molecule has 0 unspecified atom stereocenters. The molecule has 0 radical (unpaired) electrons. The quantitative estimate of drug-likeness (QED) is 0.0379. The first kappa shape index (κ1) is 84.4. The maximum atomic E-state index is 15.0. The van der Waals surface area contributed by atoms with Crippen molar-refractivity contribution in [2.24, 2.45) is 45.9 Å². The van der Waals surface area contributed by atoms with Gasteiger partial charge in [0.2, 0.25) is 70.9 Å². The fourth-order valence-electron chi connectivity index (χ4n) is 11.0. The number of aliphatic imine (C=N–C) groups is 1. The summed E-state index contributed by atoms with van der Waals surface area (Å²) >= 11 is 1.35. The van der Waals surface area contributed by atoms with Crippen molar-refractivity contribution in [2.75, 3.05) is 18.8 Å². The van der Waals surface area contributed by atoms with Crippen LogP contribution in [0.1, 0.15) is 157 Å². The number of carboxylic acids is 2. The molecule has 0 aliphatic carbocycles. The minimum absolute atomic E-state index is 0.00551. The molecule has 1 aromatic heterocycles. The van der Waals surface area contributed by atoms with Crippen molar-refractivity contribution < 1.29 is 77.3 Å². The van der Waals surface area contributed by atoms with Gasteiger partial charge in [0.15, 0.2) is 0 Å². The molecule has 15 atom stereocenters. The number of aromatic amines is 1. The number of unbranched alkanes of at least 4 members (excludes halogenated alkanes) is 1. The summed E-state index contributed by atoms with van der Waals surface area (Å²) in [6, 6.07) is -8.28. The molecule has 2 aromatic rings. The molecule has 1 saturated heterocycles. The van der Waals surface area contributed by atoms with E-state index in [9.17, 15) is 77.3 Å². The number of primary amides is 1. The topological polar surface area (TPSA) is 531 Å². The second-order valence-corrected chi connectivity index (χ2v) is 27.4. The van der Waals surface area contributed by atoms with Crippen molar-refractivity contribution in [2.45, 2.75) is 231 Å². The Morgan fingerprint density at radius 2 is 1.26 bits per heavy atom. The highest BCUT2D eigenvalue weighted by atomic mass is 32.2. The number of aromatic nitrogens is 2. The lowest BCUT2D eigenvalue weighted by Crippen LogP contribution is -2.62. The van der Waals surface area contributed by atoms with E-state index >= 15 is 0 Å². The standard InChI is InChI=1S/C67H105N17O16S/c1-9-36(6)53(70)67-82-49(33-101-67)64(98)77-44(27-35(4)5)60(94)75-43(23-24-51(86)87)59(93)84-54(37(7)10-2)65(99)76-41-22-16-18-26-72-56(90)47(30-50(69)85)79-63(97)48(31-52(88)89)80-62(96)46(29-40-32-71-34-73-40)78-61(95)45(28-39-19-13-12-14-20-39)81-66(100)55(38(8)11-3)83-58(92)42(74-57(41)91)21-15-17-25-68/h12-14,19-20,32,34-38,41-49,53-55H,9-11,15-18,21-31,33,68,70H2,1-8H3,(H2,69,85)(H,71,73)(H,72,90)(H,74,91)(H,75,94)(H,76,99)(H,77,98)(H,78,95)(H,79,97)(H,80,96)(H,81,100)(H,83,92)(H,84,93)(H,86,87)(H,88,89)/t36-,37-,38-,41-,42+,43-,44-,45+,46-,47-,48+,49-,53-,54-,55-/m0/s1. The fraction of sp³-hybridized carbons (Fsp3) is 0.642. The largest absolute Gasteiger partial charge is 0.481 e. The van der Waals surface area contributed by atoms with Crippen molar-refractivity contribution in [3.63, 3.8) is 0 Å².